The lowest BCUT2D eigenvalue weighted by Crippen LogP contribution is -2.06. The Balaban J connectivity index is 1.86. The van der Waals surface area contributed by atoms with Gasteiger partial charge in [0.2, 0.25) is 0 Å². The molecule has 0 atom stereocenters. The molecule has 7 heteroatoms. The van der Waals surface area contributed by atoms with Gasteiger partial charge in [0.25, 0.3) is 0 Å². The second kappa shape index (κ2) is 5.72. The molecule has 2 heterocycles. The van der Waals surface area contributed by atoms with E-state index in [1.165, 1.54) is 19.2 Å². The minimum absolute atomic E-state index is 0.169. The number of hydrogen-bond donors (Lipinski definition) is 1. The highest BCUT2D eigenvalue weighted by atomic mass is 16.5. The number of ether oxygens (including phenoxy) is 2. The fraction of sp³-hybridized carbons (Fsp3) is 0.133. The molecule has 22 heavy (non-hydrogen) atoms. The molecule has 0 aliphatic rings. The summed E-state index contributed by atoms with van der Waals surface area (Å²) in [6, 6.07) is 9.71. The summed E-state index contributed by atoms with van der Waals surface area (Å²) in [6.07, 6.45) is 1.75. The van der Waals surface area contributed by atoms with Gasteiger partial charge in [-0.3, -0.25) is 4.40 Å². The molecular formula is C15H13N3O4. The molecule has 3 aromatic rings. The van der Waals surface area contributed by atoms with Crippen LogP contribution >= 0.6 is 0 Å². The summed E-state index contributed by atoms with van der Waals surface area (Å²) in [6.45, 7) is 0.177. The number of pyridine rings is 1. The van der Waals surface area contributed by atoms with E-state index in [9.17, 15) is 9.90 Å². The first-order chi connectivity index (χ1) is 10.7. The molecule has 112 valence electrons. The average molecular weight is 299 g/mol. The van der Waals surface area contributed by atoms with Crippen LogP contribution in [-0.2, 0) is 11.3 Å². The van der Waals surface area contributed by atoms with Crippen LogP contribution in [0.15, 0.2) is 42.6 Å². The van der Waals surface area contributed by atoms with Crippen LogP contribution in [0.4, 0.5) is 0 Å². The smallest absolute Gasteiger partial charge is 0.341 e. The minimum Gasteiger partial charge on any atom is -0.508 e. The van der Waals surface area contributed by atoms with Gasteiger partial charge in [-0.25, -0.2) is 4.79 Å². The van der Waals surface area contributed by atoms with Crippen molar-refractivity contribution < 1.29 is 19.4 Å². The third kappa shape index (κ3) is 2.56. The zero-order chi connectivity index (χ0) is 15.5. The van der Waals surface area contributed by atoms with Gasteiger partial charge in [0, 0.05) is 6.20 Å². The predicted octanol–water partition coefficient (Wildman–Crippen LogP) is 1.80. The van der Waals surface area contributed by atoms with Gasteiger partial charge >= 0.3 is 5.97 Å². The summed E-state index contributed by atoms with van der Waals surface area (Å²) in [5.74, 6) is 0.847. The van der Waals surface area contributed by atoms with Gasteiger partial charge in [0.05, 0.1) is 7.11 Å². The van der Waals surface area contributed by atoms with Crippen LogP contribution in [0.2, 0.25) is 0 Å². The van der Waals surface area contributed by atoms with E-state index in [1.807, 2.05) is 0 Å². The Morgan fingerprint density at radius 2 is 2.00 bits per heavy atom. The molecule has 0 radical (unpaired) electrons. The van der Waals surface area contributed by atoms with E-state index >= 15 is 0 Å². The van der Waals surface area contributed by atoms with Crippen LogP contribution in [-0.4, -0.2) is 32.8 Å². The molecule has 0 unspecified atom stereocenters. The molecule has 1 aromatic carbocycles. The van der Waals surface area contributed by atoms with Gasteiger partial charge < -0.3 is 14.6 Å². The second-order valence-electron chi connectivity index (χ2n) is 4.51. The standard InChI is InChI=1S/C15H13N3O4/c1-21-15(20)12-3-2-8-18-13(16-17-14(12)18)9-22-11-6-4-10(19)5-7-11/h2-8,19H,9H2,1H3. The van der Waals surface area contributed by atoms with E-state index in [0.717, 1.165) is 0 Å². The number of hydrogen-bond acceptors (Lipinski definition) is 6. The number of methoxy groups -OCH3 is 1. The first kappa shape index (κ1) is 13.9. The Morgan fingerprint density at radius 3 is 2.73 bits per heavy atom. The Bertz CT molecular complexity index is 811. The van der Waals surface area contributed by atoms with Gasteiger partial charge in [-0.2, -0.15) is 0 Å². The third-order valence-electron chi connectivity index (χ3n) is 3.12. The van der Waals surface area contributed by atoms with Gasteiger partial charge in [-0.05, 0) is 36.4 Å². The Labute approximate surface area is 125 Å². The van der Waals surface area contributed by atoms with Crippen LogP contribution in [0, 0.1) is 0 Å². The zero-order valence-electron chi connectivity index (χ0n) is 11.8. The highest BCUT2D eigenvalue weighted by molar-refractivity contribution is 5.95. The maximum Gasteiger partial charge on any atom is 0.341 e. The van der Waals surface area contributed by atoms with Crippen LogP contribution in [0.5, 0.6) is 11.5 Å². The van der Waals surface area contributed by atoms with Gasteiger partial charge in [0.15, 0.2) is 11.5 Å². The van der Waals surface area contributed by atoms with Crippen molar-refractivity contribution in [2.45, 2.75) is 6.61 Å². The molecular weight excluding hydrogens is 286 g/mol. The number of aromatic nitrogens is 3. The quantitative estimate of drug-likeness (QED) is 0.739. The lowest BCUT2D eigenvalue weighted by molar-refractivity contribution is 0.0602. The van der Waals surface area contributed by atoms with Crippen molar-refractivity contribution in [2.75, 3.05) is 7.11 Å². The van der Waals surface area contributed by atoms with Crippen molar-refractivity contribution in [2.24, 2.45) is 0 Å². The topological polar surface area (TPSA) is 86.0 Å². The number of phenols is 1. The number of carbonyl (C=O) groups excluding carboxylic acids is 1. The molecule has 0 saturated heterocycles. The van der Waals surface area contributed by atoms with Crippen molar-refractivity contribution in [3.05, 3.63) is 54.0 Å². The molecule has 0 bridgehead atoms. The Hall–Kier alpha value is -3.09. The SMILES string of the molecule is COC(=O)c1cccn2c(COc3ccc(O)cc3)nnc12. The molecule has 3 rings (SSSR count). The average Bonchev–Trinajstić information content (AvgIpc) is 2.97. The maximum atomic E-state index is 11.7. The lowest BCUT2D eigenvalue weighted by Gasteiger charge is -2.05. The number of rotatable bonds is 4. The number of benzene rings is 1. The van der Waals surface area contributed by atoms with E-state index in [1.54, 1.807) is 34.9 Å². The van der Waals surface area contributed by atoms with E-state index in [4.69, 9.17) is 9.47 Å². The maximum absolute atomic E-state index is 11.7. The first-order valence-corrected chi connectivity index (χ1v) is 6.52. The van der Waals surface area contributed by atoms with Crippen molar-refractivity contribution in [3.63, 3.8) is 0 Å². The molecule has 0 saturated carbocycles. The number of aromatic hydroxyl groups is 1. The largest absolute Gasteiger partial charge is 0.508 e. The number of carbonyl (C=O) groups is 1. The van der Waals surface area contributed by atoms with E-state index in [0.29, 0.717) is 22.8 Å². The number of fused-ring (bicyclic) bond motifs is 1. The van der Waals surface area contributed by atoms with E-state index < -0.39 is 5.97 Å². The number of nitrogens with zero attached hydrogens (tertiary/aromatic N) is 3. The highest BCUT2D eigenvalue weighted by Gasteiger charge is 2.15. The molecule has 0 aliphatic carbocycles. The molecule has 2 aromatic heterocycles. The molecule has 0 aliphatic heterocycles. The van der Waals surface area contributed by atoms with Crippen LogP contribution in [0.3, 0.4) is 0 Å². The number of esters is 1. The summed E-state index contributed by atoms with van der Waals surface area (Å²) in [7, 11) is 1.32. The summed E-state index contributed by atoms with van der Waals surface area (Å²) >= 11 is 0. The lowest BCUT2D eigenvalue weighted by atomic mass is 10.3. The minimum atomic E-state index is -0.469. The fourth-order valence-corrected chi connectivity index (χ4v) is 2.02. The van der Waals surface area contributed by atoms with E-state index in [-0.39, 0.29) is 12.4 Å². The first-order valence-electron chi connectivity index (χ1n) is 6.52. The van der Waals surface area contributed by atoms with Crippen LogP contribution in [0.25, 0.3) is 5.65 Å². The van der Waals surface area contributed by atoms with Gasteiger partial charge in [-0.1, -0.05) is 0 Å². The van der Waals surface area contributed by atoms with Gasteiger partial charge in [0.1, 0.15) is 23.7 Å². The predicted molar refractivity (Wildman–Crippen MR) is 76.8 cm³/mol. The van der Waals surface area contributed by atoms with Crippen LogP contribution < -0.4 is 4.74 Å². The van der Waals surface area contributed by atoms with Crippen molar-refractivity contribution in [1.29, 1.82) is 0 Å². The Kier molecular flexibility index (Phi) is 3.61. The van der Waals surface area contributed by atoms with Crippen molar-refractivity contribution >= 4 is 11.6 Å². The monoisotopic (exact) mass is 299 g/mol. The highest BCUT2D eigenvalue weighted by Crippen LogP contribution is 2.18. The molecule has 7 nitrogen and oxygen atoms in total. The Morgan fingerprint density at radius 1 is 1.23 bits per heavy atom. The molecule has 1 N–H and O–H groups in total. The van der Waals surface area contributed by atoms with Crippen LogP contribution in [0.1, 0.15) is 16.2 Å². The normalized spacial score (nSPS) is 10.6. The molecule has 0 spiro atoms. The van der Waals surface area contributed by atoms with Gasteiger partial charge in [-0.15, -0.1) is 10.2 Å². The summed E-state index contributed by atoms with van der Waals surface area (Å²) in [5, 5.41) is 17.3. The zero-order valence-corrected chi connectivity index (χ0v) is 11.8. The summed E-state index contributed by atoms with van der Waals surface area (Å²) in [4.78, 5) is 11.7. The summed E-state index contributed by atoms with van der Waals surface area (Å²) in [5.41, 5.74) is 0.757. The molecule has 0 fully saturated rings. The third-order valence-corrected chi connectivity index (χ3v) is 3.12. The van der Waals surface area contributed by atoms with E-state index in [2.05, 4.69) is 10.2 Å². The second-order valence-corrected chi connectivity index (χ2v) is 4.51. The fourth-order valence-electron chi connectivity index (χ4n) is 2.02. The number of phenolic OH excluding ortho intramolecular Hbond substituents is 1. The van der Waals surface area contributed by atoms with Crippen molar-refractivity contribution in [1.82, 2.24) is 14.6 Å². The molecule has 0 amide bonds. The van der Waals surface area contributed by atoms with Crippen molar-refractivity contribution in [3.8, 4) is 11.5 Å². The summed E-state index contributed by atoms with van der Waals surface area (Å²) < 4.78 is 12.0.